The molecule has 0 unspecified atom stereocenters. The number of thiazole rings is 1. The Hall–Kier alpha value is -2.78. The van der Waals surface area contributed by atoms with Crippen molar-refractivity contribution < 1.29 is 0 Å². The number of nitrogens with zero attached hydrogens (tertiary/aromatic N) is 5. The summed E-state index contributed by atoms with van der Waals surface area (Å²) >= 11 is 1.47. The van der Waals surface area contributed by atoms with Crippen molar-refractivity contribution in [2.75, 3.05) is 0 Å². The molecule has 0 N–H and O–H groups in total. The Kier molecular flexibility index (Phi) is 3.58. The number of nitriles is 1. The van der Waals surface area contributed by atoms with E-state index in [0.717, 1.165) is 11.3 Å². The first-order valence-corrected chi connectivity index (χ1v) is 7.17. The van der Waals surface area contributed by atoms with Gasteiger partial charge in [-0.05, 0) is 18.6 Å². The van der Waals surface area contributed by atoms with E-state index in [1.165, 1.54) is 11.3 Å². The Morgan fingerprint density at radius 2 is 2.05 bits per heavy atom. The zero-order chi connectivity index (χ0) is 14.7. The number of aryl methyl sites for hydroxylation is 1. The highest BCUT2D eigenvalue weighted by Gasteiger charge is 2.13. The molecule has 0 saturated heterocycles. The maximum absolute atomic E-state index is 9.16. The van der Waals surface area contributed by atoms with E-state index < -0.39 is 0 Å². The minimum absolute atomic E-state index is 0.287. The van der Waals surface area contributed by atoms with Gasteiger partial charge >= 0.3 is 0 Å². The molecule has 0 radical (unpaired) electrons. The van der Waals surface area contributed by atoms with Gasteiger partial charge in [0.05, 0.1) is 5.69 Å². The molecular weight excluding hydrogens is 282 g/mol. The minimum Gasteiger partial charge on any atom is -0.224 e. The second kappa shape index (κ2) is 5.69. The Labute approximate surface area is 125 Å². The van der Waals surface area contributed by atoms with E-state index in [0.29, 0.717) is 10.8 Å². The SMILES string of the molecule is Cc1csc(-n2nnc(C#N)c2/C=C/c2ccccc2)n1. The van der Waals surface area contributed by atoms with Crippen LogP contribution in [-0.4, -0.2) is 20.0 Å². The lowest BCUT2D eigenvalue weighted by Gasteiger charge is -1.98. The molecule has 102 valence electrons. The van der Waals surface area contributed by atoms with Crippen molar-refractivity contribution in [3.8, 4) is 11.2 Å². The molecule has 0 aliphatic rings. The number of hydrogen-bond acceptors (Lipinski definition) is 5. The average Bonchev–Trinajstić information content (AvgIpc) is 3.11. The first-order valence-electron chi connectivity index (χ1n) is 6.29. The Bertz CT molecular complexity index is 823. The van der Waals surface area contributed by atoms with Crippen LogP contribution in [-0.2, 0) is 0 Å². The lowest BCUT2D eigenvalue weighted by molar-refractivity contribution is 0.789. The molecule has 0 saturated carbocycles. The standard InChI is InChI=1S/C15H11N5S/c1-11-10-21-15(17-11)20-14(13(9-16)18-19-20)8-7-12-5-3-2-4-6-12/h2-8,10H,1H3/b8-7+. The predicted octanol–water partition coefficient (Wildman–Crippen LogP) is 3.07. The van der Waals surface area contributed by atoms with E-state index in [9.17, 15) is 0 Å². The van der Waals surface area contributed by atoms with Crippen molar-refractivity contribution in [2.45, 2.75) is 6.92 Å². The largest absolute Gasteiger partial charge is 0.224 e. The molecule has 3 rings (SSSR count). The zero-order valence-electron chi connectivity index (χ0n) is 11.3. The van der Waals surface area contributed by atoms with Gasteiger partial charge in [0.15, 0.2) is 5.69 Å². The van der Waals surface area contributed by atoms with Gasteiger partial charge in [0.1, 0.15) is 11.8 Å². The zero-order valence-corrected chi connectivity index (χ0v) is 12.1. The third-order valence-corrected chi connectivity index (χ3v) is 3.77. The van der Waals surface area contributed by atoms with Gasteiger partial charge in [0.25, 0.3) is 0 Å². The number of rotatable bonds is 3. The molecule has 0 fully saturated rings. The van der Waals surface area contributed by atoms with Crippen molar-refractivity contribution in [3.63, 3.8) is 0 Å². The summed E-state index contributed by atoms with van der Waals surface area (Å²) in [6.45, 7) is 1.92. The predicted molar refractivity (Wildman–Crippen MR) is 81.9 cm³/mol. The van der Waals surface area contributed by atoms with Crippen LogP contribution < -0.4 is 0 Å². The highest BCUT2D eigenvalue weighted by molar-refractivity contribution is 7.12. The van der Waals surface area contributed by atoms with Crippen molar-refractivity contribution in [1.82, 2.24) is 20.0 Å². The van der Waals surface area contributed by atoms with Crippen molar-refractivity contribution in [1.29, 1.82) is 5.26 Å². The summed E-state index contributed by atoms with van der Waals surface area (Å²) < 4.78 is 1.59. The Balaban J connectivity index is 2.03. The summed E-state index contributed by atoms with van der Waals surface area (Å²) in [5.74, 6) is 0. The fraction of sp³-hybridized carbons (Fsp3) is 0.0667. The van der Waals surface area contributed by atoms with Crippen LogP contribution in [0.5, 0.6) is 0 Å². The lowest BCUT2D eigenvalue weighted by atomic mass is 10.2. The van der Waals surface area contributed by atoms with Gasteiger partial charge in [0, 0.05) is 5.38 Å². The van der Waals surface area contributed by atoms with Gasteiger partial charge in [0.2, 0.25) is 5.13 Å². The first-order chi connectivity index (χ1) is 10.3. The van der Waals surface area contributed by atoms with Crippen LogP contribution >= 0.6 is 11.3 Å². The second-order valence-electron chi connectivity index (χ2n) is 4.36. The molecule has 2 aromatic heterocycles. The van der Waals surface area contributed by atoms with Gasteiger partial charge in [-0.1, -0.05) is 41.6 Å². The molecular formula is C15H11N5S. The molecule has 0 spiro atoms. The number of benzene rings is 1. The molecule has 0 atom stereocenters. The van der Waals surface area contributed by atoms with Crippen molar-refractivity contribution >= 4 is 23.5 Å². The fourth-order valence-electron chi connectivity index (χ4n) is 1.84. The fourth-order valence-corrected chi connectivity index (χ4v) is 2.60. The van der Waals surface area contributed by atoms with Crippen LogP contribution in [0, 0.1) is 18.3 Å². The summed E-state index contributed by atoms with van der Waals surface area (Å²) in [7, 11) is 0. The minimum atomic E-state index is 0.287. The van der Waals surface area contributed by atoms with E-state index >= 15 is 0 Å². The molecule has 0 aliphatic heterocycles. The van der Waals surface area contributed by atoms with Gasteiger partial charge in [-0.2, -0.15) is 9.94 Å². The van der Waals surface area contributed by atoms with Gasteiger partial charge < -0.3 is 0 Å². The van der Waals surface area contributed by atoms with Crippen LogP contribution in [0.1, 0.15) is 22.6 Å². The summed E-state index contributed by atoms with van der Waals surface area (Å²) in [5, 5.41) is 19.7. The third kappa shape index (κ3) is 2.73. The summed E-state index contributed by atoms with van der Waals surface area (Å²) in [6.07, 6.45) is 3.76. The Morgan fingerprint density at radius 3 is 2.71 bits per heavy atom. The average molecular weight is 293 g/mol. The smallest absolute Gasteiger partial charge is 0.212 e. The maximum Gasteiger partial charge on any atom is 0.212 e. The number of hydrogen-bond donors (Lipinski definition) is 0. The highest BCUT2D eigenvalue weighted by Crippen LogP contribution is 2.19. The highest BCUT2D eigenvalue weighted by atomic mass is 32.1. The Morgan fingerprint density at radius 1 is 1.24 bits per heavy atom. The second-order valence-corrected chi connectivity index (χ2v) is 5.20. The van der Waals surface area contributed by atoms with Gasteiger partial charge in [-0.3, -0.25) is 0 Å². The maximum atomic E-state index is 9.16. The molecule has 3 aromatic rings. The summed E-state index contributed by atoms with van der Waals surface area (Å²) in [4.78, 5) is 4.38. The van der Waals surface area contributed by atoms with Crippen LogP contribution in [0.25, 0.3) is 17.3 Å². The van der Waals surface area contributed by atoms with E-state index in [1.54, 1.807) is 4.68 Å². The van der Waals surface area contributed by atoms with E-state index in [1.807, 2.05) is 54.8 Å². The topological polar surface area (TPSA) is 67.4 Å². The molecule has 0 aliphatic carbocycles. The molecule has 5 nitrogen and oxygen atoms in total. The number of aromatic nitrogens is 4. The molecule has 1 aromatic carbocycles. The van der Waals surface area contributed by atoms with Crippen molar-refractivity contribution in [3.05, 3.63) is 58.4 Å². The molecule has 6 heteroatoms. The quantitative estimate of drug-likeness (QED) is 0.744. The molecule has 21 heavy (non-hydrogen) atoms. The van der Waals surface area contributed by atoms with Crippen LogP contribution in [0.4, 0.5) is 0 Å². The summed E-state index contributed by atoms with van der Waals surface area (Å²) in [6, 6.07) is 11.9. The molecule has 0 bridgehead atoms. The van der Waals surface area contributed by atoms with Gasteiger partial charge in [-0.25, -0.2) is 4.98 Å². The monoisotopic (exact) mass is 293 g/mol. The van der Waals surface area contributed by atoms with E-state index in [-0.39, 0.29) is 5.69 Å². The normalized spacial score (nSPS) is 10.9. The van der Waals surface area contributed by atoms with Crippen LogP contribution in [0.15, 0.2) is 35.7 Å². The van der Waals surface area contributed by atoms with E-state index in [2.05, 4.69) is 21.4 Å². The lowest BCUT2D eigenvalue weighted by Crippen LogP contribution is -1.99. The van der Waals surface area contributed by atoms with Gasteiger partial charge in [-0.15, -0.1) is 16.4 Å². The third-order valence-electron chi connectivity index (χ3n) is 2.83. The molecule has 2 heterocycles. The van der Waals surface area contributed by atoms with Crippen molar-refractivity contribution in [2.24, 2.45) is 0 Å². The van der Waals surface area contributed by atoms with E-state index in [4.69, 9.17) is 5.26 Å². The summed E-state index contributed by atoms with van der Waals surface area (Å²) in [5.41, 5.74) is 2.89. The van der Waals surface area contributed by atoms with Crippen LogP contribution in [0.3, 0.4) is 0 Å². The van der Waals surface area contributed by atoms with Crippen LogP contribution in [0.2, 0.25) is 0 Å². The first kappa shape index (κ1) is 13.2. The molecule has 0 amide bonds.